The number of nitrogens with zero attached hydrogens (tertiary/aromatic N) is 1. The SMILES string of the molecule is CNC(/C1=C/CCCCCC1)c1cnccc1C. The van der Waals surface area contributed by atoms with Crippen molar-refractivity contribution in [1.82, 2.24) is 10.3 Å². The summed E-state index contributed by atoms with van der Waals surface area (Å²) in [5, 5.41) is 3.47. The fourth-order valence-electron chi connectivity index (χ4n) is 2.80. The molecule has 1 unspecified atom stereocenters. The average molecular weight is 244 g/mol. The van der Waals surface area contributed by atoms with Gasteiger partial charge in [-0.1, -0.05) is 24.5 Å². The third kappa shape index (κ3) is 3.20. The van der Waals surface area contributed by atoms with Crippen molar-refractivity contribution < 1.29 is 0 Å². The number of rotatable bonds is 3. The van der Waals surface area contributed by atoms with Crippen LogP contribution in [0, 0.1) is 6.92 Å². The highest BCUT2D eigenvalue weighted by Gasteiger charge is 2.17. The predicted molar refractivity (Wildman–Crippen MR) is 76.6 cm³/mol. The molecule has 1 aliphatic carbocycles. The summed E-state index contributed by atoms with van der Waals surface area (Å²) in [6.45, 7) is 2.17. The molecule has 0 spiro atoms. The average Bonchev–Trinajstić information content (AvgIpc) is 2.34. The zero-order valence-electron chi connectivity index (χ0n) is 11.6. The van der Waals surface area contributed by atoms with Crippen LogP contribution < -0.4 is 5.32 Å². The van der Waals surface area contributed by atoms with Gasteiger partial charge in [-0.15, -0.1) is 0 Å². The first kappa shape index (κ1) is 13.3. The quantitative estimate of drug-likeness (QED) is 0.815. The third-order valence-electron chi connectivity index (χ3n) is 3.88. The molecule has 1 N–H and O–H groups in total. The molecule has 2 rings (SSSR count). The van der Waals surface area contributed by atoms with E-state index in [0.29, 0.717) is 6.04 Å². The Bertz CT molecular complexity index is 409. The van der Waals surface area contributed by atoms with E-state index in [1.165, 1.54) is 49.7 Å². The van der Waals surface area contributed by atoms with E-state index in [2.05, 4.69) is 36.4 Å². The van der Waals surface area contributed by atoms with E-state index < -0.39 is 0 Å². The molecule has 1 aliphatic rings. The van der Waals surface area contributed by atoms with Crippen LogP contribution in [0.1, 0.15) is 55.7 Å². The van der Waals surface area contributed by atoms with Gasteiger partial charge in [0.1, 0.15) is 0 Å². The van der Waals surface area contributed by atoms with Gasteiger partial charge in [0, 0.05) is 12.4 Å². The van der Waals surface area contributed by atoms with Crippen LogP contribution in [0.3, 0.4) is 0 Å². The molecule has 2 heteroatoms. The lowest BCUT2D eigenvalue weighted by molar-refractivity contribution is 0.572. The minimum absolute atomic E-state index is 0.344. The molecule has 0 amide bonds. The molecule has 2 nitrogen and oxygen atoms in total. The minimum Gasteiger partial charge on any atom is -0.310 e. The fraction of sp³-hybridized carbons (Fsp3) is 0.562. The van der Waals surface area contributed by atoms with Crippen LogP contribution in [0.15, 0.2) is 30.1 Å². The first-order valence-electron chi connectivity index (χ1n) is 7.09. The molecule has 98 valence electrons. The van der Waals surface area contributed by atoms with Gasteiger partial charge in [0.25, 0.3) is 0 Å². The van der Waals surface area contributed by atoms with Gasteiger partial charge in [0.15, 0.2) is 0 Å². The van der Waals surface area contributed by atoms with Crippen molar-refractivity contribution in [2.45, 2.75) is 51.5 Å². The largest absolute Gasteiger partial charge is 0.310 e. The van der Waals surface area contributed by atoms with Crippen molar-refractivity contribution >= 4 is 0 Å². The number of nitrogens with one attached hydrogen (secondary N) is 1. The molecule has 18 heavy (non-hydrogen) atoms. The number of allylic oxidation sites excluding steroid dienone is 1. The van der Waals surface area contributed by atoms with Gasteiger partial charge < -0.3 is 5.32 Å². The van der Waals surface area contributed by atoms with E-state index in [0.717, 1.165) is 0 Å². The number of aryl methyl sites for hydroxylation is 1. The highest BCUT2D eigenvalue weighted by Crippen LogP contribution is 2.29. The summed E-state index contributed by atoms with van der Waals surface area (Å²) in [4.78, 5) is 4.28. The highest BCUT2D eigenvalue weighted by atomic mass is 14.9. The van der Waals surface area contributed by atoms with E-state index >= 15 is 0 Å². The molecule has 1 heterocycles. The number of likely N-dealkylation sites (N-methyl/N-ethyl adjacent to an activating group) is 1. The summed E-state index contributed by atoms with van der Waals surface area (Å²) >= 11 is 0. The van der Waals surface area contributed by atoms with Crippen LogP contribution in [0.4, 0.5) is 0 Å². The molecule has 0 fully saturated rings. The summed E-state index contributed by atoms with van der Waals surface area (Å²) < 4.78 is 0. The van der Waals surface area contributed by atoms with Crippen LogP contribution in [-0.4, -0.2) is 12.0 Å². The summed E-state index contributed by atoms with van der Waals surface area (Å²) in [6.07, 6.45) is 14.2. The molecule has 1 aromatic rings. The summed E-state index contributed by atoms with van der Waals surface area (Å²) in [5.74, 6) is 0. The second kappa shape index (κ2) is 6.69. The van der Waals surface area contributed by atoms with Gasteiger partial charge >= 0.3 is 0 Å². The Balaban J connectivity index is 2.24. The van der Waals surface area contributed by atoms with Crippen LogP contribution in [0.25, 0.3) is 0 Å². The van der Waals surface area contributed by atoms with Crippen molar-refractivity contribution in [3.63, 3.8) is 0 Å². The highest BCUT2D eigenvalue weighted by molar-refractivity contribution is 5.32. The van der Waals surface area contributed by atoms with Gasteiger partial charge in [0.05, 0.1) is 6.04 Å². The molecular formula is C16H24N2. The van der Waals surface area contributed by atoms with Crippen LogP contribution in [0.5, 0.6) is 0 Å². The third-order valence-corrected chi connectivity index (χ3v) is 3.88. The normalized spacial score (nSPS) is 21.6. The molecule has 0 saturated heterocycles. The van der Waals surface area contributed by atoms with Crippen LogP contribution in [-0.2, 0) is 0 Å². The lowest BCUT2D eigenvalue weighted by Crippen LogP contribution is -2.20. The second-order valence-electron chi connectivity index (χ2n) is 5.19. The minimum atomic E-state index is 0.344. The monoisotopic (exact) mass is 244 g/mol. The number of hydrogen-bond acceptors (Lipinski definition) is 2. The smallest absolute Gasteiger partial charge is 0.0551 e. The van der Waals surface area contributed by atoms with Gasteiger partial charge in [-0.2, -0.15) is 0 Å². The summed E-state index contributed by atoms with van der Waals surface area (Å²) in [6, 6.07) is 2.44. The van der Waals surface area contributed by atoms with Crippen molar-refractivity contribution in [1.29, 1.82) is 0 Å². The van der Waals surface area contributed by atoms with Crippen molar-refractivity contribution in [2.75, 3.05) is 7.05 Å². The first-order valence-corrected chi connectivity index (χ1v) is 7.09. The zero-order chi connectivity index (χ0) is 12.8. The van der Waals surface area contributed by atoms with Gasteiger partial charge in [-0.05, 0) is 56.8 Å². The van der Waals surface area contributed by atoms with E-state index in [-0.39, 0.29) is 0 Å². The topological polar surface area (TPSA) is 24.9 Å². The van der Waals surface area contributed by atoms with Crippen molar-refractivity contribution in [2.24, 2.45) is 0 Å². The zero-order valence-corrected chi connectivity index (χ0v) is 11.6. The second-order valence-corrected chi connectivity index (χ2v) is 5.19. The Morgan fingerprint density at radius 1 is 1.22 bits per heavy atom. The predicted octanol–water partition coefficient (Wildman–Crippen LogP) is 3.93. The maximum atomic E-state index is 4.28. The maximum absolute atomic E-state index is 4.28. The summed E-state index contributed by atoms with van der Waals surface area (Å²) in [7, 11) is 2.05. The number of pyridine rings is 1. The van der Waals surface area contributed by atoms with E-state index in [4.69, 9.17) is 0 Å². The van der Waals surface area contributed by atoms with Crippen molar-refractivity contribution in [3.8, 4) is 0 Å². The van der Waals surface area contributed by atoms with E-state index in [1.54, 1.807) is 5.57 Å². The Morgan fingerprint density at radius 3 is 2.83 bits per heavy atom. The van der Waals surface area contributed by atoms with E-state index in [9.17, 15) is 0 Å². The first-order chi connectivity index (χ1) is 8.83. The van der Waals surface area contributed by atoms with Crippen LogP contribution >= 0.6 is 0 Å². The maximum Gasteiger partial charge on any atom is 0.0551 e. The number of hydrogen-bond donors (Lipinski definition) is 1. The van der Waals surface area contributed by atoms with E-state index in [1.807, 2.05) is 12.4 Å². The number of aromatic nitrogens is 1. The van der Waals surface area contributed by atoms with Gasteiger partial charge in [-0.3, -0.25) is 4.98 Å². The fourth-order valence-corrected chi connectivity index (χ4v) is 2.80. The Hall–Kier alpha value is -1.15. The lowest BCUT2D eigenvalue weighted by Gasteiger charge is -2.23. The molecular weight excluding hydrogens is 220 g/mol. The molecule has 0 bridgehead atoms. The van der Waals surface area contributed by atoms with Crippen LogP contribution in [0.2, 0.25) is 0 Å². The molecule has 0 aliphatic heterocycles. The van der Waals surface area contributed by atoms with Gasteiger partial charge in [-0.25, -0.2) is 0 Å². The van der Waals surface area contributed by atoms with Crippen molar-refractivity contribution in [3.05, 3.63) is 41.2 Å². The Labute approximate surface area is 111 Å². The molecule has 0 aromatic carbocycles. The molecule has 0 radical (unpaired) electrons. The standard InChI is InChI=1S/C16H24N2/c1-13-10-11-18-12-15(13)16(17-2)14-8-6-4-3-5-7-9-14/h8,10-12,16-17H,3-7,9H2,1-2H3/b14-8+. The van der Waals surface area contributed by atoms with Gasteiger partial charge in [0.2, 0.25) is 0 Å². The Kier molecular flexibility index (Phi) is 4.94. The molecule has 1 atom stereocenters. The Morgan fingerprint density at radius 2 is 2.06 bits per heavy atom. The molecule has 0 saturated carbocycles. The summed E-state index contributed by atoms with van der Waals surface area (Å²) in [5.41, 5.74) is 4.20. The molecule has 1 aromatic heterocycles. The lowest BCUT2D eigenvalue weighted by atomic mass is 9.90.